The molecule has 0 aliphatic heterocycles. The second kappa shape index (κ2) is 7.26. The van der Waals surface area contributed by atoms with Gasteiger partial charge in [-0.2, -0.15) is 13.2 Å². The Morgan fingerprint density at radius 2 is 1.78 bits per heavy atom. The normalized spacial score (nSPS) is 13.2. The fraction of sp³-hybridized carbons (Fsp3) is 0.500. The van der Waals surface area contributed by atoms with E-state index in [1.54, 1.807) is 11.6 Å². The van der Waals surface area contributed by atoms with Crippen LogP contribution in [-0.4, -0.2) is 29.4 Å². The fourth-order valence-electron chi connectivity index (χ4n) is 2.65. The van der Waals surface area contributed by atoms with E-state index >= 15 is 0 Å². The highest BCUT2D eigenvalue weighted by atomic mass is 32.2. The molecular weight excluding hydrogens is 384 g/mol. The summed E-state index contributed by atoms with van der Waals surface area (Å²) in [6.07, 6.45) is -2.57. The monoisotopic (exact) mass is 406 g/mol. The molecule has 0 radical (unpaired) electrons. The number of benzene rings is 1. The van der Waals surface area contributed by atoms with Gasteiger partial charge in [0, 0.05) is 24.5 Å². The number of aromatic nitrogens is 2. The second-order valence-electron chi connectivity index (χ2n) is 6.96. The summed E-state index contributed by atoms with van der Waals surface area (Å²) in [6, 6.07) is 2.60. The van der Waals surface area contributed by atoms with Crippen LogP contribution in [0, 0.1) is 0 Å². The van der Waals surface area contributed by atoms with Crippen molar-refractivity contribution >= 4 is 9.84 Å². The first-order valence-corrected chi connectivity index (χ1v) is 10.1. The van der Waals surface area contributed by atoms with Crippen LogP contribution in [0.15, 0.2) is 29.3 Å². The summed E-state index contributed by atoms with van der Waals surface area (Å²) in [5.41, 5.74) is -1.66. The minimum Gasteiger partial charge on any atom is -0.331 e. The van der Waals surface area contributed by atoms with Gasteiger partial charge in [-0.15, -0.1) is 0 Å². The molecule has 0 fully saturated rings. The minimum absolute atomic E-state index is 0.0955. The van der Waals surface area contributed by atoms with Crippen molar-refractivity contribution < 1.29 is 26.0 Å². The SMILES string of the molecule is CCS(=O)(=O)c1cc(C(F)(F)F)ccc1-c1ncc(CCC(C)(C)F)n1C. The molecule has 1 aromatic heterocycles. The standard InChI is InChI=1S/C18H22F4N2O2S/c1-5-27(25,26)15-10-12(18(20,21)22)6-7-14(15)16-23-11-13(24(16)4)8-9-17(2,3)19/h6-7,10-11H,5,8-9H2,1-4H3. The Morgan fingerprint density at radius 1 is 1.15 bits per heavy atom. The molecule has 0 N–H and O–H groups in total. The predicted molar refractivity (Wildman–Crippen MR) is 94.9 cm³/mol. The number of halogens is 4. The third-order valence-electron chi connectivity index (χ3n) is 4.32. The lowest BCUT2D eigenvalue weighted by Gasteiger charge is -2.15. The maximum absolute atomic E-state index is 13.7. The van der Waals surface area contributed by atoms with E-state index in [0.717, 1.165) is 12.1 Å². The van der Waals surface area contributed by atoms with Gasteiger partial charge in [-0.3, -0.25) is 0 Å². The summed E-state index contributed by atoms with van der Waals surface area (Å²) in [7, 11) is -2.29. The summed E-state index contributed by atoms with van der Waals surface area (Å²) in [5.74, 6) is -0.114. The molecule has 0 saturated carbocycles. The number of nitrogens with zero attached hydrogens (tertiary/aromatic N) is 2. The van der Waals surface area contributed by atoms with E-state index in [1.807, 2.05) is 0 Å². The Bertz CT molecular complexity index is 926. The molecule has 0 bridgehead atoms. The van der Waals surface area contributed by atoms with Gasteiger partial charge in [0.2, 0.25) is 0 Å². The Morgan fingerprint density at radius 3 is 2.30 bits per heavy atom. The Balaban J connectivity index is 2.57. The van der Waals surface area contributed by atoms with Crippen molar-refractivity contribution in [3.05, 3.63) is 35.7 Å². The van der Waals surface area contributed by atoms with Crippen molar-refractivity contribution in [3.8, 4) is 11.4 Å². The summed E-state index contributed by atoms with van der Waals surface area (Å²) in [5, 5.41) is 0. The number of sulfone groups is 1. The maximum Gasteiger partial charge on any atom is 0.416 e. The smallest absolute Gasteiger partial charge is 0.331 e. The van der Waals surface area contributed by atoms with E-state index in [9.17, 15) is 26.0 Å². The van der Waals surface area contributed by atoms with Gasteiger partial charge in [-0.1, -0.05) is 6.92 Å². The molecule has 1 aromatic carbocycles. The van der Waals surface area contributed by atoms with Gasteiger partial charge in [-0.25, -0.2) is 17.8 Å². The van der Waals surface area contributed by atoms with Crippen molar-refractivity contribution in [3.63, 3.8) is 0 Å². The molecule has 9 heteroatoms. The molecule has 2 aromatic rings. The highest BCUT2D eigenvalue weighted by Gasteiger charge is 2.33. The van der Waals surface area contributed by atoms with Crippen molar-refractivity contribution in [2.24, 2.45) is 7.05 Å². The molecule has 27 heavy (non-hydrogen) atoms. The number of imidazole rings is 1. The Hall–Kier alpha value is -1.90. The van der Waals surface area contributed by atoms with Crippen LogP contribution in [0.2, 0.25) is 0 Å². The van der Waals surface area contributed by atoms with Crippen LogP contribution in [0.4, 0.5) is 17.6 Å². The Kier molecular flexibility index (Phi) is 5.75. The highest BCUT2D eigenvalue weighted by Crippen LogP contribution is 2.35. The largest absolute Gasteiger partial charge is 0.416 e. The average molecular weight is 406 g/mol. The summed E-state index contributed by atoms with van der Waals surface area (Å²) in [6.45, 7) is 4.27. The number of hydrogen-bond donors (Lipinski definition) is 0. The van der Waals surface area contributed by atoms with Gasteiger partial charge in [0.25, 0.3) is 0 Å². The van der Waals surface area contributed by atoms with Crippen LogP contribution >= 0.6 is 0 Å². The lowest BCUT2D eigenvalue weighted by atomic mass is 10.0. The molecule has 2 rings (SSSR count). The van der Waals surface area contributed by atoms with Gasteiger partial charge < -0.3 is 4.57 Å². The van der Waals surface area contributed by atoms with Crippen molar-refractivity contribution in [1.29, 1.82) is 0 Å². The summed E-state index contributed by atoms with van der Waals surface area (Å²) in [4.78, 5) is 3.77. The van der Waals surface area contributed by atoms with Crippen molar-refractivity contribution in [2.45, 2.75) is 50.4 Å². The van der Waals surface area contributed by atoms with Gasteiger partial charge >= 0.3 is 6.18 Å². The van der Waals surface area contributed by atoms with E-state index in [-0.39, 0.29) is 23.6 Å². The lowest BCUT2D eigenvalue weighted by Crippen LogP contribution is -2.14. The molecule has 0 atom stereocenters. The first-order valence-electron chi connectivity index (χ1n) is 8.40. The van der Waals surface area contributed by atoms with E-state index in [0.29, 0.717) is 18.2 Å². The molecule has 150 valence electrons. The number of alkyl halides is 4. The topological polar surface area (TPSA) is 52.0 Å². The molecule has 0 unspecified atom stereocenters. The quantitative estimate of drug-likeness (QED) is 0.660. The summed E-state index contributed by atoms with van der Waals surface area (Å²) < 4.78 is 79.2. The van der Waals surface area contributed by atoms with Crippen molar-refractivity contribution in [2.75, 3.05) is 5.75 Å². The first kappa shape index (κ1) is 21.4. The molecule has 1 heterocycles. The number of aryl methyl sites for hydroxylation is 1. The van der Waals surface area contributed by atoms with Gasteiger partial charge in [0.1, 0.15) is 11.5 Å². The van der Waals surface area contributed by atoms with E-state index in [2.05, 4.69) is 4.98 Å². The maximum atomic E-state index is 13.7. The molecule has 0 spiro atoms. The molecule has 0 saturated heterocycles. The fourth-order valence-corrected chi connectivity index (χ4v) is 3.76. The number of rotatable bonds is 6. The second-order valence-corrected chi connectivity index (χ2v) is 9.21. The van der Waals surface area contributed by atoms with Crippen LogP contribution in [0.5, 0.6) is 0 Å². The summed E-state index contributed by atoms with van der Waals surface area (Å²) >= 11 is 0. The first-order chi connectivity index (χ1) is 12.3. The zero-order chi connectivity index (χ0) is 20.6. The van der Waals surface area contributed by atoms with Crippen molar-refractivity contribution in [1.82, 2.24) is 9.55 Å². The minimum atomic E-state index is -4.66. The van der Waals surface area contributed by atoms with Crippen LogP contribution in [0.3, 0.4) is 0 Å². The zero-order valence-electron chi connectivity index (χ0n) is 15.6. The molecule has 0 aliphatic carbocycles. The highest BCUT2D eigenvalue weighted by molar-refractivity contribution is 7.91. The lowest BCUT2D eigenvalue weighted by molar-refractivity contribution is -0.137. The van der Waals surface area contributed by atoms with Crippen LogP contribution in [0.1, 0.15) is 38.4 Å². The zero-order valence-corrected chi connectivity index (χ0v) is 16.4. The molecule has 0 amide bonds. The third kappa shape index (κ3) is 4.88. The molecular formula is C18H22F4N2O2S. The van der Waals surface area contributed by atoms with Crippen LogP contribution in [-0.2, 0) is 29.5 Å². The van der Waals surface area contributed by atoms with E-state index < -0.39 is 32.1 Å². The van der Waals surface area contributed by atoms with Gasteiger partial charge in [0.15, 0.2) is 9.84 Å². The predicted octanol–water partition coefficient (Wildman–Crippen LogP) is 4.58. The van der Waals surface area contributed by atoms with E-state index in [1.165, 1.54) is 27.0 Å². The third-order valence-corrected chi connectivity index (χ3v) is 6.09. The van der Waals surface area contributed by atoms with E-state index in [4.69, 9.17) is 0 Å². The average Bonchev–Trinajstić information content (AvgIpc) is 2.91. The Labute approximate surface area is 156 Å². The van der Waals surface area contributed by atoms with Gasteiger partial charge in [-0.05, 0) is 44.9 Å². The van der Waals surface area contributed by atoms with Gasteiger partial charge in [0.05, 0.1) is 16.2 Å². The van der Waals surface area contributed by atoms with Crippen LogP contribution < -0.4 is 0 Å². The number of hydrogen-bond acceptors (Lipinski definition) is 3. The van der Waals surface area contributed by atoms with Crippen LogP contribution in [0.25, 0.3) is 11.4 Å². The molecule has 0 aliphatic rings. The molecule has 4 nitrogen and oxygen atoms in total.